The lowest BCUT2D eigenvalue weighted by atomic mass is 10.1. The lowest BCUT2D eigenvalue weighted by molar-refractivity contribution is 1.08. The molecule has 0 fully saturated rings. The highest BCUT2D eigenvalue weighted by molar-refractivity contribution is 8.00. The fourth-order valence-electron chi connectivity index (χ4n) is 1.45. The van der Waals surface area contributed by atoms with Crippen molar-refractivity contribution in [1.82, 2.24) is 9.97 Å². The number of aromatic nitrogens is 2. The van der Waals surface area contributed by atoms with Crippen LogP contribution in [0.5, 0.6) is 0 Å². The van der Waals surface area contributed by atoms with Crippen molar-refractivity contribution in [3.8, 4) is 0 Å². The lowest BCUT2D eigenvalue weighted by Crippen LogP contribution is -2.10. The number of nitrogens with one attached hydrogen (secondary N) is 1. The molecule has 0 bridgehead atoms. The molecule has 2 aromatic rings. The van der Waals surface area contributed by atoms with Crippen molar-refractivity contribution in [2.45, 2.75) is 19.0 Å². The van der Waals surface area contributed by atoms with Gasteiger partial charge >= 0.3 is 0 Å². The normalized spacial score (nSPS) is 10.9. The molecule has 84 valence electrons. The van der Waals surface area contributed by atoms with E-state index in [1.165, 1.54) is 22.9 Å². The zero-order valence-electron chi connectivity index (χ0n) is 9.20. The van der Waals surface area contributed by atoms with Gasteiger partial charge in [-0.05, 0) is 37.1 Å². The molecule has 16 heavy (non-hydrogen) atoms. The molecule has 3 nitrogen and oxygen atoms in total. The average Bonchev–Trinajstić information content (AvgIpc) is 2.58. The Morgan fingerprint density at radius 3 is 2.81 bits per heavy atom. The Kier molecular flexibility index (Phi) is 3.16. The molecule has 0 unspecified atom stereocenters. The zero-order chi connectivity index (χ0) is 11.7. The molecule has 0 saturated heterocycles. The second-order valence-corrected chi connectivity index (χ2v) is 5.24. The topological polar surface area (TPSA) is 54.7 Å². The van der Waals surface area contributed by atoms with E-state index in [1.54, 1.807) is 0 Å². The molecule has 1 aromatic carbocycles. The van der Waals surface area contributed by atoms with Crippen molar-refractivity contribution >= 4 is 40.0 Å². The number of aromatic amines is 1. The average molecular weight is 251 g/mol. The van der Waals surface area contributed by atoms with Crippen molar-refractivity contribution in [3.63, 3.8) is 0 Å². The number of hydrogen-bond acceptors (Lipinski definition) is 3. The number of rotatable bonds is 3. The predicted molar refractivity (Wildman–Crippen MR) is 73.1 cm³/mol. The van der Waals surface area contributed by atoms with E-state index in [4.69, 9.17) is 18.0 Å². The van der Waals surface area contributed by atoms with E-state index in [0.29, 0.717) is 10.7 Å². The van der Waals surface area contributed by atoms with E-state index in [-0.39, 0.29) is 0 Å². The van der Waals surface area contributed by atoms with Crippen LogP contribution < -0.4 is 5.73 Å². The molecule has 5 heteroatoms. The largest absolute Gasteiger partial charge is 0.393 e. The monoisotopic (exact) mass is 251 g/mol. The summed E-state index contributed by atoms with van der Waals surface area (Å²) >= 11 is 6.37. The maximum Gasteiger partial charge on any atom is 0.166 e. The molecule has 0 aliphatic carbocycles. The maximum atomic E-state index is 5.45. The van der Waals surface area contributed by atoms with Gasteiger partial charge in [0.2, 0.25) is 0 Å². The fraction of sp³-hybridized carbons (Fsp3) is 0.273. The summed E-state index contributed by atoms with van der Waals surface area (Å²) in [6.07, 6.45) is 0. The van der Waals surface area contributed by atoms with Crippen LogP contribution in [-0.2, 0) is 0 Å². The number of fused-ring (bicyclic) bond motifs is 1. The van der Waals surface area contributed by atoms with Gasteiger partial charge in [0.1, 0.15) is 0 Å². The standard InChI is InChI=1S/C11H13N3S2/c1-6-3-8-9(4-7(6)2)14-11(13-8)16-5-10(12)15/h3-4H,5H2,1-2H3,(H2,12,15)(H,13,14). The summed E-state index contributed by atoms with van der Waals surface area (Å²) in [4.78, 5) is 8.23. The highest BCUT2D eigenvalue weighted by Gasteiger charge is 2.05. The van der Waals surface area contributed by atoms with Crippen LogP contribution in [0.15, 0.2) is 17.3 Å². The minimum Gasteiger partial charge on any atom is -0.393 e. The van der Waals surface area contributed by atoms with Crippen LogP contribution in [0.2, 0.25) is 0 Å². The second kappa shape index (κ2) is 4.43. The third-order valence-electron chi connectivity index (χ3n) is 2.43. The van der Waals surface area contributed by atoms with Gasteiger partial charge in [0, 0.05) is 0 Å². The lowest BCUT2D eigenvalue weighted by Gasteiger charge is -1.97. The van der Waals surface area contributed by atoms with Crippen LogP contribution in [0.3, 0.4) is 0 Å². The quantitative estimate of drug-likeness (QED) is 0.650. The van der Waals surface area contributed by atoms with E-state index in [0.717, 1.165) is 16.2 Å². The first-order chi connectivity index (χ1) is 7.56. The Hall–Kier alpha value is -1.07. The van der Waals surface area contributed by atoms with Gasteiger partial charge in [0.15, 0.2) is 5.16 Å². The van der Waals surface area contributed by atoms with E-state index < -0.39 is 0 Å². The Labute approximate surface area is 104 Å². The third-order valence-corrected chi connectivity index (χ3v) is 3.68. The van der Waals surface area contributed by atoms with Gasteiger partial charge < -0.3 is 10.7 Å². The molecular formula is C11H13N3S2. The second-order valence-electron chi connectivity index (χ2n) is 3.75. The first kappa shape index (κ1) is 11.4. The van der Waals surface area contributed by atoms with Gasteiger partial charge in [-0.2, -0.15) is 0 Å². The van der Waals surface area contributed by atoms with Crippen LogP contribution >= 0.6 is 24.0 Å². The highest BCUT2D eigenvalue weighted by atomic mass is 32.2. The van der Waals surface area contributed by atoms with Crippen LogP contribution in [-0.4, -0.2) is 20.7 Å². The van der Waals surface area contributed by atoms with Crippen molar-refractivity contribution in [2.24, 2.45) is 5.73 Å². The molecule has 3 N–H and O–H groups in total. The van der Waals surface area contributed by atoms with Crippen molar-refractivity contribution < 1.29 is 0 Å². The number of hydrogen-bond donors (Lipinski definition) is 2. The number of benzene rings is 1. The Bertz CT molecular complexity index is 506. The van der Waals surface area contributed by atoms with Crippen molar-refractivity contribution in [2.75, 3.05) is 5.75 Å². The van der Waals surface area contributed by atoms with Gasteiger partial charge in [-0.15, -0.1) is 0 Å². The summed E-state index contributed by atoms with van der Waals surface area (Å²) in [5.41, 5.74) is 10.0. The van der Waals surface area contributed by atoms with E-state index in [1.807, 2.05) is 0 Å². The van der Waals surface area contributed by atoms with Crippen LogP contribution in [0.4, 0.5) is 0 Å². The molecule has 0 atom stereocenters. The SMILES string of the molecule is Cc1cc2nc(SCC(N)=S)[nH]c2cc1C. The number of nitrogens with zero attached hydrogens (tertiary/aromatic N) is 1. The molecule has 0 aliphatic heterocycles. The van der Waals surface area contributed by atoms with E-state index >= 15 is 0 Å². The predicted octanol–water partition coefficient (Wildman–Crippen LogP) is 2.56. The van der Waals surface area contributed by atoms with Crippen molar-refractivity contribution in [1.29, 1.82) is 0 Å². The summed E-state index contributed by atoms with van der Waals surface area (Å²) in [6, 6.07) is 4.20. The molecule has 0 spiro atoms. The number of aryl methyl sites for hydroxylation is 2. The first-order valence-electron chi connectivity index (χ1n) is 4.94. The maximum absolute atomic E-state index is 5.45. The van der Waals surface area contributed by atoms with Gasteiger partial charge in [-0.1, -0.05) is 24.0 Å². The first-order valence-corrected chi connectivity index (χ1v) is 6.33. The molecule has 0 saturated carbocycles. The number of thiocarbonyl (C=S) groups is 1. The minimum atomic E-state index is 0.498. The van der Waals surface area contributed by atoms with E-state index in [9.17, 15) is 0 Å². The molecule has 0 radical (unpaired) electrons. The van der Waals surface area contributed by atoms with Gasteiger partial charge in [-0.25, -0.2) is 4.98 Å². The Morgan fingerprint density at radius 1 is 1.44 bits per heavy atom. The number of thioether (sulfide) groups is 1. The summed E-state index contributed by atoms with van der Waals surface area (Å²) in [7, 11) is 0. The molecular weight excluding hydrogens is 238 g/mol. The molecule has 0 aliphatic rings. The molecule has 1 heterocycles. The van der Waals surface area contributed by atoms with Crippen LogP contribution in [0.25, 0.3) is 11.0 Å². The van der Waals surface area contributed by atoms with E-state index in [2.05, 4.69) is 35.9 Å². The number of imidazole rings is 1. The van der Waals surface area contributed by atoms with Crippen molar-refractivity contribution in [3.05, 3.63) is 23.3 Å². The summed E-state index contributed by atoms with van der Waals surface area (Å²) in [6.45, 7) is 4.18. The Balaban J connectivity index is 2.33. The molecule has 0 amide bonds. The number of H-pyrrole nitrogens is 1. The minimum absolute atomic E-state index is 0.498. The highest BCUT2D eigenvalue weighted by Crippen LogP contribution is 2.22. The van der Waals surface area contributed by atoms with Crippen LogP contribution in [0.1, 0.15) is 11.1 Å². The third kappa shape index (κ3) is 2.36. The summed E-state index contributed by atoms with van der Waals surface area (Å²) in [5.74, 6) is 0.618. The number of nitrogens with two attached hydrogens (primary N) is 1. The smallest absolute Gasteiger partial charge is 0.166 e. The van der Waals surface area contributed by atoms with Gasteiger partial charge in [0.05, 0.1) is 21.8 Å². The molecule has 1 aromatic heterocycles. The van der Waals surface area contributed by atoms with Crippen LogP contribution in [0, 0.1) is 13.8 Å². The summed E-state index contributed by atoms with van der Waals surface area (Å²) < 4.78 is 0. The van der Waals surface area contributed by atoms with Gasteiger partial charge in [-0.3, -0.25) is 0 Å². The zero-order valence-corrected chi connectivity index (χ0v) is 10.8. The summed E-state index contributed by atoms with van der Waals surface area (Å²) in [5, 5.41) is 0.868. The fourth-order valence-corrected chi connectivity index (χ4v) is 2.25. The molecule has 2 rings (SSSR count). The Morgan fingerprint density at radius 2 is 2.12 bits per heavy atom. The van der Waals surface area contributed by atoms with Gasteiger partial charge in [0.25, 0.3) is 0 Å².